The molecule has 1 saturated heterocycles. The van der Waals surface area contributed by atoms with Crippen LogP contribution in [-0.4, -0.2) is 35.4 Å². The lowest BCUT2D eigenvalue weighted by Crippen LogP contribution is -2.41. The van der Waals surface area contributed by atoms with Crippen LogP contribution in [0, 0.1) is 11.3 Å². The summed E-state index contributed by atoms with van der Waals surface area (Å²) >= 11 is 0. The highest BCUT2D eigenvalue weighted by molar-refractivity contribution is 5.82. The van der Waals surface area contributed by atoms with E-state index in [9.17, 15) is 4.79 Å². The molecule has 1 aromatic carbocycles. The standard InChI is InChI=1S/C21H25N3O/c22-20(25)21(8-11-24(15-21)14-16-4-5-16)13-17-2-1-3-19(12-17)18-6-9-23-10-7-18/h1-3,6-7,9-10,12,16H,4-5,8,11,13-15H2,(H2,22,25)/t21-/m1/s1. The van der Waals surface area contributed by atoms with Crippen LogP contribution in [0.2, 0.25) is 0 Å². The molecule has 0 spiro atoms. The van der Waals surface area contributed by atoms with E-state index in [4.69, 9.17) is 5.73 Å². The van der Waals surface area contributed by atoms with Gasteiger partial charge < -0.3 is 10.6 Å². The van der Waals surface area contributed by atoms with Crippen molar-refractivity contribution in [3.63, 3.8) is 0 Å². The Labute approximate surface area is 149 Å². The Morgan fingerprint density at radius 1 is 1.20 bits per heavy atom. The Morgan fingerprint density at radius 2 is 2.00 bits per heavy atom. The second kappa shape index (κ2) is 6.60. The predicted octanol–water partition coefficient (Wildman–Crippen LogP) is 2.88. The lowest BCUT2D eigenvalue weighted by molar-refractivity contribution is -0.127. The van der Waals surface area contributed by atoms with Gasteiger partial charge in [0.1, 0.15) is 0 Å². The Bertz CT molecular complexity index is 757. The second-order valence-electron chi connectivity index (χ2n) is 7.69. The molecule has 2 aliphatic rings. The highest BCUT2D eigenvalue weighted by Crippen LogP contribution is 2.38. The van der Waals surface area contributed by atoms with Gasteiger partial charge in [-0.3, -0.25) is 9.78 Å². The van der Waals surface area contributed by atoms with E-state index < -0.39 is 5.41 Å². The van der Waals surface area contributed by atoms with E-state index in [2.05, 4.69) is 34.1 Å². The van der Waals surface area contributed by atoms with E-state index in [0.717, 1.165) is 49.5 Å². The van der Waals surface area contributed by atoms with Crippen molar-refractivity contribution < 1.29 is 4.79 Å². The molecule has 4 heteroatoms. The number of carbonyl (C=O) groups excluding carboxylic acids is 1. The number of hydrogen-bond acceptors (Lipinski definition) is 3. The molecule has 2 fully saturated rings. The normalized spacial score (nSPS) is 23.7. The van der Waals surface area contributed by atoms with E-state index in [1.165, 1.54) is 18.4 Å². The Balaban J connectivity index is 1.54. The van der Waals surface area contributed by atoms with Gasteiger partial charge in [-0.1, -0.05) is 24.3 Å². The zero-order valence-electron chi connectivity index (χ0n) is 14.5. The fourth-order valence-electron chi connectivity index (χ4n) is 4.01. The number of primary amides is 1. The van der Waals surface area contributed by atoms with E-state index >= 15 is 0 Å². The first-order valence-corrected chi connectivity index (χ1v) is 9.16. The van der Waals surface area contributed by atoms with Crippen LogP contribution in [-0.2, 0) is 11.2 Å². The summed E-state index contributed by atoms with van der Waals surface area (Å²) in [6.45, 7) is 2.92. The summed E-state index contributed by atoms with van der Waals surface area (Å²) in [5.41, 5.74) is 8.93. The van der Waals surface area contributed by atoms with Crippen molar-refractivity contribution in [3.8, 4) is 11.1 Å². The molecule has 130 valence electrons. The van der Waals surface area contributed by atoms with Crippen LogP contribution in [0.25, 0.3) is 11.1 Å². The van der Waals surface area contributed by atoms with Gasteiger partial charge in [-0.2, -0.15) is 0 Å². The van der Waals surface area contributed by atoms with Gasteiger partial charge in [-0.25, -0.2) is 0 Å². The van der Waals surface area contributed by atoms with Crippen molar-refractivity contribution in [3.05, 3.63) is 54.4 Å². The lowest BCUT2D eigenvalue weighted by Gasteiger charge is -2.26. The largest absolute Gasteiger partial charge is 0.369 e. The first kappa shape index (κ1) is 16.3. The summed E-state index contributed by atoms with van der Waals surface area (Å²) in [4.78, 5) is 18.8. The first-order chi connectivity index (χ1) is 12.1. The maximum absolute atomic E-state index is 12.3. The second-order valence-corrected chi connectivity index (χ2v) is 7.69. The fourth-order valence-corrected chi connectivity index (χ4v) is 4.01. The fraction of sp³-hybridized carbons (Fsp3) is 0.429. The maximum Gasteiger partial charge on any atom is 0.225 e. The van der Waals surface area contributed by atoms with E-state index in [-0.39, 0.29) is 5.91 Å². The molecular formula is C21H25N3O. The highest BCUT2D eigenvalue weighted by Gasteiger charge is 2.44. The molecule has 25 heavy (non-hydrogen) atoms. The van der Waals surface area contributed by atoms with Gasteiger partial charge >= 0.3 is 0 Å². The van der Waals surface area contributed by atoms with Crippen LogP contribution in [0.3, 0.4) is 0 Å². The van der Waals surface area contributed by atoms with Gasteiger partial charge in [0.15, 0.2) is 0 Å². The monoisotopic (exact) mass is 335 g/mol. The highest BCUT2D eigenvalue weighted by atomic mass is 16.1. The molecule has 2 N–H and O–H groups in total. The van der Waals surface area contributed by atoms with E-state index in [0.29, 0.717) is 0 Å². The summed E-state index contributed by atoms with van der Waals surface area (Å²) < 4.78 is 0. The van der Waals surface area contributed by atoms with Crippen LogP contribution in [0.4, 0.5) is 0 Å². The van der Waals surface area contributed by atoms with Gasteiger partial charge in [0, 0.05) is 25.5 Å². The molecule has 4 nitrogen and oxygen atoms in total. The zero-order chi connectivity index (χ0) is 17.3. The number of pyridine rings is 1. The minimum Gasteiger partial charge on any atom is -0.369 e. The van der Waals surface area contributed by atoms with Gasteiger partial charge in [0.05, 0.1) is 5.41 Å². The Hall–Kier alpha value is -2.20. The quantitative estimate of drug-likeness (QED) is 0.883. The molecule has 0 radical (unpaired) electrons. The minimum atomic E-state index is -0.425. The van der Waals surface area contributed by atoms with Crippen LogP contribution >= 0.6 is 0 Å². The van der Waals surface area contributed by atoms with Gasteiger partial charge in [0.2, 0.25) is 5.91 Å². The zero-order valence-corrected chi connectivity index (χ0v) is 14.5. The van der Waals surface area contributed by atoms with Gasteiger partial charge in [0.25, 0.3) is 0 Å². The molecule has 0 unspecified atom stereocenters. The number of nitrogens with two attached hydrogens (primary N) is 1. The molecule has 2 heterocycles. The molecular weight excluding hydrogens is 310 g/mol. The first-order valence-electron chi connectivity index (χ1n) is 9.16. The SMILES string of the molecule is NC(=O)[C@@]1(Cc2cccc(-c3ccncc3)c2)CCN(CC2CC2)C1. The third-order valence-corrected chi connectivity index (χ3v) is 5.65. The van der Waals surface area contributed by atoms with Gasteiger partial charge in [-0.05, 0) is 67.0 Å². The molecule has 1 amide bonds. The summed E-state index contributed by atoms with van der Waals surface area (Å²) in [7, 11) is 0. The predicted molar refractivity (Wildman–Crippen MR) is 98.8 cm³/mol. The van der Waals surface area contributed by atoms with E-state index in [1.807, 2.05) is 12.1 Å². The van der Waals surface area contributed by atoms with Crippen molar-refractivity contribution >= 4 is 5.91 Å². The topological polar surface area (TPSA) is 59.2 Å². The van der Waals surface area contributed by atoms with Crippen molar-refractivity contribution in [2.75, 3.05) is 19.6 Å². The number of nitrogens with zero attached hydrogens (tertiary/aromatic N) is 2. The van der Waals surface area contributed by atoms with Crippen molar-refractivity contribution in [2.45, 2.75) is 25.7 Å². The number of amides is 1. The van der Waals surface area contributed by atoms with Crippen molar-refractivity contribution in [2.24, 2.45) is 17.1 Å². The van der Waals surface area contributed by atoms with Gasteiger partial charge in [-0.15, -0.1) is 0 Å². The number of benzene rings is 1. The lowest BCUT2D eigenvalue weighted by atomic mass is 9.79. The third-order valence-electron chi connectivity index (χ3n) is 5.65. The molecule has 2 aromatic rings. The average molecular weight is 335 g/mol. The molecule has 1 aromatic heterocycles. The molecule has 1 aliphatic carbocycles. The number of carbonyl (C=O) groups is 1. The summed E-state index contributed by atoms with van der Waals surface area (Å²) in [5, 5.41) is 0. The van der Waals surface area contributed by atoms with Crippen LogP contribution in [0.15, 0.2) is 48.8 Å². The Morgan fingerprint density at radius 3 is 2.72 bits per heavy atom. The van der Waals surface area contributed by atoms with Crippen molar-refractivity contribution in [1.82, 2.24) is 9.88 Å². The molecule has 1 atom stereocenters. The summed E-state index contributed by atoms with van der Waals surface area (Å²) in [6, 6.07) is 12.5. The number of hydrogen-bond donors (Lipinski definition) is 1. The number of likely N-dealkylation sites (tertiary alicyclic amines) is 1. The molecule has 4 rings (SSSR count). The summed E-state index contributed by atoms with van der Waals surface area (Å²) in [6.07, 6.45) is 7.89. The Kier molecular flexibility index (Phi) is 4.30. The van der Waals surface area contributed by atoms with Crippen LogP contribution in [0.1, 0.15) is 24.8 Å². The molecule has 0 bridgehead atoms. The third kappa shape index (κ3) is 3.59. The smallest absolute Gasteiger partial charge is 0.225 e. The average Bonchev–Trinajstić information content (AvgIpc) is 3.35. The van der Waals surface area contributed by atoms with Crippen LogP contribution in [0.5, 0.6) is 0 Å². The summed E-state index contributed by atoms with van der Waals surface area (Å²) in [5.74, 6) is 0.693. The molecule has 1 saturated carbocycles. The molecule has 1 aliphatic heterocycles. The van der Waals surface area contributed by atoms with Crippen molar-refractivity contribution in [1.29, 1.82) is 0 Å². The number of aromatic nitrogens is 1. The van der Waals surface area contributed by atoms with E-state index in [1.54, 1.807) is 12.4 Å². The minimum absolute atomic E-state index is 0.153. The number of rotatable bonds is 6. The maximum atomic E-state index is 12.3. The van der Waals surface area contributed by atoms with Crippen LogP contribution < -0.4 is 5.73 Å².